The van der Waals surface area contributed by atoms with Gasteiger partial charge in [-0.05, 0) is 19.1 Å². The Morgan fingerprint density at radius 2 is 2.35 bits per heavy atom. The molecule has 0 fully saturated rings. The molecule has 0 aliphatic heterocycles. The topological polar surface area (TPSA) is 76.2 Å². The molecule has 1 N–H and O–H groups in total. The predicted octanol–water partition coefficient (Wildman–Crippen LogP) is 2.07. The van der Waals surface area contributed by atoms with Crippen LogP contribution in [0.3, 0.4) is 0 Å². The summed E-state index contributed by atoms with van der Waals surface area (Å²) in [6.45, 7) is 0. The van der Waals surface area contributed by atoms with Crippen LogP contribution in [0.2, 0.25) is 0 Å². The van der Waals surface area contributed by atoms with Crippen molar-refractivity contribution in [1.29, 1.82) is 0 Å². The van der Waals surface area contributed by atoms with Crippen molar-refractivity contribution in [3.05, 3.63) is 23.9 Å². The minimum absolute atomic E-state index is 0.194. The number of allylic oxidation sites excluding steroid dienone is 2. The Hall–Kier alpha value is -1.30. The van der Waals surface area contributed by atoms with Gasteiger partial charge in [-0.3, -0.25) is 4.79 Å². The molecule has 0 saturated heterocycles. The Morgan fingerprint density at radius 3 is 3.06 bits per heavy atom. The first-order valence-electron chi connectivity index (χ1n) is 5.41. The first kappa shape index (κ1) is 12.2. The lowest BCUT2D eigenvalue weighted by molar-refractivity contribution is -0.142. The van der Waals surface area contributed by atoms with E-state index in [4.69, 9.17) is 9.63 Å². The molecular weight excluding hydrogens is 240 g/mol. The zero-order valence-corrected chi connectivity index (χ0v) is 10.3. The number of carboxylic acids is 1. The van der Waals surface area contributed by atoms with Crippen LogP contribution in [0, 0.1) is 5.92 Å². The van der Waals surface area contributed by atoms with E-state index in [1.54, 1.807) is 11.8 Å². The Labute approximate surface area is 103 Å². The summed E-state index contributed by atoms with van der Waals surface area (Å²) in [5, 5.41) is 13.0. The van der Waals surface area contributed by atoms with Gasteiger partial charge < -0.3 is 9.63 Å². The van der Waals surface area contributed by atoms with Crippen molar-refractivity contribution in [2.75, 3.05) is 6.26 Å². The zero-order chi connectivity index (χ0) is 12.3. The third kappa shape index (κ3) is 2.69. The summed E-state index contributed by atoms with van der Waals surface area (Å²) in [7, 11) is 0. The number of rotatable bonds is 4. The van der Waals surface area contributed by atoms with Crippen molar-refractivity contribution >= 4 is 17.7 Å². The van der Waals surface area contributed by atoms with Crippen molar-refractivity contribution in [3.8, 4) is 0 Å². The highest BCUT2D eigenvalue weighted by atomic mass is 32.2. The second-order valence-electron chi connectivity index (χ2n) is 3.98. The maximum Gasteiger partial charge on any atom is 0.307 e. The Balaban J connectivity index is 2.18. The van der Waals surface area contributed by atoms with Gasteiger partial charge in [0.1, 0.15) is 0 Å². The number of hydrogen-bond acceptors (Lipinski definition) is 5. The molecule has 0 spiro atoms. The van der Waals surface area contributed by atoms with Gasteiger partial charge in [-0.2, -0.15) is 16.7 Å². The fourth-order valence-corrected chi connectivity index (χ4v) is 2.34. The van der Waals surface area contributed by atoms with Crippen LogP contribution in [0.25, 0.3) is 0 Å². The lowest BCUT2D eigenvalue weighted by Gasteiger charge is -2.21. The van der Waals surface area contributed by atoms with Gasteiger partial charge in [-0.25, -0.2) is 0 Å². The van der Waals surface area contributed by atoms with Gasteiger partial charge in [0.05, 0.1) is 17.6 Å². The fraction of sp³-hybridized carbons (Fsp3) is 0.545. The van der Waals surface area contributed by atoms with E-state index in [9.17, 15) is 4.79 Å². The van der Waals surface area contributed by atoms with E-state index in [-0.39, 0.29) is 5.92 Å². The highest BCUT2D eigenvalue weighted by Crippen LogP contribution is 2.33. The summed E-state index contributed by atoms with van der Waals surface area (Å²) < 4.78 is 5.17. The standard InChI is InChI=1S/C11H14N2O3S/c1-17-6-9-12-10(16-13-9)7-4-2-3-5-8(7)11(14)15/h2-3,7-8H,4-6H2,1H3,(H,14,15)/t7-,8+/m1/s1. The summed E-state index contributed by atoms with van der Waals surface area (Å²) in [5.41, 5.74) is 0. The van der Waals surface area contributed by atoms with Gasteiger partial charge in [0.2, 0.25) is 5.89 Å². The normalized spacial score (nSPS) is 23.8. The first-order chi connectivity index (χ1) is 8.22. The quantitative estimate of drug-likeness (QED) is 0.829. The van der Waals surface area contributed by atoms with Crippen LogP contribution in [0.5, 0.6) is 0 Å². The third-order valence-electron chi connectivity index (χ3n) is 2.82. The number of carboxylic acid groups (broad SMARTS) is 1. The second-order valence-corrected chi connectivity index (χ2v) is 4.84. The molecule has 6 heteroatoms. The minimum atomic E-state index is -0.802. The highest BCUT2D eigenvalue weighted by Gasteiger charge is 2.33. The van der Waals surface area contributed by atoms with Crippen molar-refractivity contribution in [1.82, 2.24) is 10.1 Å². The van der Waals surface area contributed by atoms with Crippen molar-refractivity contribution in [2.24, 2.45) is 5.92 Å². The second kappa shape index (κ2) is 5.35. The molecule has 5 nitrogen and oxygen atoms in total. The maximum atomic E-state index is 11.1. The predicted molar refractivity (Wildman–Crippen MR) is 63.8 cm³/mol. The monoisotopic (exact) mass is 254 g/mol. The van der Waals surface area contributed by atoms with Crippen LogP contribution < -0.4 is 0 Å². The number of hydrogen-bond donors (Lipinski definition) is 1. The van der Waals surface area contributed by atoms with E-state index in [0.29, 0.717) is 30.3 Å². The molecule has 1 heterocycles. The third-order valence-corrected chi connectivity index (χ3v) is 3.37. The number of carbonyl (C=O) groups is 1. The lowest BCUT2D eigenvalue weighted by atomic mass is 9.83. The van der Waals surface area contributed by atoms with Crippen molar-refractivity contribution in [2.45, 2.75) is 24.5 Å². The Morgan fingerprint density at radius 1 is 1.59 bits per heavy atom. The number of aromatic nitrogens is 2. The molecule has 92 valence electrons. The molecule has 17 heavy (non-hydrogen) atoms. The largest absolute Gasteiger partial charge is 0.481 e. The summed E-state index contributed by atoms with van der Waals surface area (Å²) in [6, 6.07) is 0. The van der Waals surface area contributed by atoms with E-state index in [2.05, 4.69) is 10.1 Å². The molecule has 0 radical (unpaired) electrons. The van der Waals surface area contributed by atoms with Gasteiger partial charge in [-0.1, -0.05) is 17.3 Å². The first-order valence-corrected chi connectivity index (χ1v) is 6.81. The molecule has 1 aliphatic rings. The zero-order valence-electron chi connectivity index (χ0n) is 9.50. The molecule has 1 aliphatic carbocycles. The average molecular weight is 254 g/mol. The maximum absolute atomic E-state index is 11.1. The molecule has 0 bridgehead atoms. The van der Waals surface area contributed by atoms with Crippen molar-refractivity contribution in [3.63, 3.8) is 0 Å². The van der Waals surface area contributed by atoms with Gasteiger partial charge >= 0.3 is 5.97 Å². The number of nitrogens with zero attached hydrogens (tertiary/aromatic N) is 2. The average Bonchev–Trinajstić information content (AvgIpc) is 2.78. The highest BCUT2D eigenvalue weighted by molar-refractivity contribution is 7.97. The smallest absolute Gasteiger partial charge is 0.307 e. The molecule has 0 unspecified atom stereocenters. The van der Waals surface area contributed by atoms with Crippen LogP contribution in [0.1, 0.15) is 30.5 Å². The van der Waals surface area contributed by atoms with Crippen LogP contribution in [-0.4, -0.2) is 27.5 Å². The summed E-state index contributed by atoms with van der Waals surface area (Å²) >= 11 is 1.61. The van der Waals surface area contributed by atoms with Gasteiger partial charge in [-0.15, -0.1) is 0 Å². The SMILES string of the molecule is CSCc1noc([C@@H]2CC=CC[C@@H]2C(=O)O)n1. The minimum Gasteiger partial charge on any atom is -0.481 e. The molecule has 2 atom stereocenters. The van der Waals surface area contributed by atoms with Gasteiger partial charge in [0.15, 0.2) is 5.82 Å². The van der Waals surface area contributed by atoms with E-state index >= 15 is 0 Å². The van der Waals surface area contributed by atoms with Crippen molar-refractivity contribution < 1.29 is 14.4 Å². The van der Waals surface area contributed by atoms with E-state index in [1.165, 1.54) is 0 Å². The molecule has 0 amide bonds. The Bertz CT molecular complexity index is 430. The molecule has 0 saturated carbocycles. The summed E-state index contributed by atoms with van der Waals surface area (Å²) in [5.74, 6) is 0.313. The summed E-state index contributed by atoms with van der Waals surface area (Å²) in [6.07, 6.45) is 7.01. The van der Waals surface area contributed by atoms with E-state index < -0.39 is 11.9 Å². The van der Waals surface area contributed by atoms with Crippen LogP contribution >= 0.6 is 11.8 Å². The lowest BCUT2D eigenvalue weighted by Crippen LogP contribution is -2.23. The molecule has 0 aromatic carbocycles. The van der Waals surface area contributed by atoms with E-state index in [0.717, 1.165) is 0 Å². The number of aliphatic carboxylic acids is 1. The Kier molecular flexibility index (Phi) is 3.83. The number of thioether (sulfide) groups is 1. The van der Waals surface area contributed by atoms with Gasteiger partial charge in [0.25, 0.3) is 0 Å². The van der Waals surface area contributed by atoms with Gasteiger partial charge in [0, 0.05) is 0 Å². The molecular formula is C11H14N2O3S. The molecule has 1 aromatic heterocycles. The van der Waals surface area contributed by atoms with E-state index in [1.807, 2.05) is 18.4 Å². The van der Waals surface area contributed by atoms with Crippen LogP contribution in [-0.2, 0) is 10.5 Å². The molecule has 2 rings (SSSR count). The fourth-order valence-electron chi connectivity index (χ4n) is 1.97. The van der Waals surface area contributed by atoms with Crippen LogP contribution in [0.15, 0.2) is 16.7 Å². The summed E-state index contributed by atoms with van der Waals surface area (Å²) in [4.78, 5) is 15.4. The molecule has 1 aromatic rings. The van der Waals surface area contributed by atoms with Crippen LogP contribution in [0.4, 0.5) is 0 Å².